The molecule has 7 nitrogen and oxygen atoms in total. The van der Waals surface area contributed by atoms with E-state index < -0.39 is 39.4 Å². The highest BCUT2D eigenvalue weighted by Gasteiger charge is 2.30. The molecule has 0 unspecified atom stereocenters. The van der Waals surface area contributed by atoms with Crippen molar-refractivity contribution < 1.29 is 30.7 Å². The zero-order chi connectivity index (χ0) is 22.1. The number of benzene rings is 2. The summed E-state index contributed by atoms with van der Waals surface area (Å²) < 4.78 is 66.8. The molecule has 0 saturated carbocycles. The van der Waals surface area contributed by atoms with Crippen LogP contribution >= 0.6 is 11.3 Å². The predicted octanol–water partition coefficient (Wildman–Crippen LogP) is 3.30. The van der Waals surface area contributed by atoms with Crippen LogP contribution in [0.5, 0.6) is 0 Å². The van der Waals surface area contributed by atoms with E-state index in [-0.39, 0.29) is 4.88 Å². The third kappa shape index (κ3) is 4.89. The molecule has 12 heteroatoms. The zero-order valence-electron chi connectivity index (χ0n) is 15.0. The van der Waals surface area contributed by atoms with Gasteiger partial charge in [-0.05, 0) is 40.5 Å². The van der Waals surface area contributed by atoms with E-state index in [0.717, 1.165) is 23.5 Å². The fourth-order valence-corrected chi connectivity index (χ4v) is 4.49. The molecule has 0 saturated heterocycles. The minimum atomic E-state index is -4.45. The van der Waals surface area contributed by atoms with Crippen LogP contribution in [0.15, 0.2) is 53.7 Å². The van der Waals surface area contributed by atoms with Gasteiger partial charge in [0.1, 0.15) is 0 Å². The molecular weight excluding hydrogens is 443 g/mol. The van der Waals surface area contributed by atoms with E-state index in [1.165, 1.54) is 18.2 Å². The summed E-state index contributed by atoms with van der Waals surface area (Å²) in [5.41, 5.74) is 10.3. The number of thiophene rings is 1. The van der Waals surface area contributed by atoms with Gasteiger partial charge in [0.15, 0.2) is 11.5 Å². The summed E-state index contributed by atoms with van der Waals surface area (Å²) in [4.78, 5) is 12.5. The summed E-state index contributed by atoms with van der Waals surface area (Å²) in [6, 6.07) is 11.2. The topological polar surface area (TPSA) is 125 Å². The van der Waals surface area contributed by atoms with Gasteiger partial charge in [-0.2, -0.15) is 21.6 Å². The Balaban J connectivity index is 1.92. The zero-order valence-corrected chi connectivity index (χ0v) is 16.6. The molecule has 1 aromatic heterocycles. The third-order valence-corrected chi connectivity index (χ3v) is 5.98. The molecule has 0 bridgehead atoms. The van der Waals surface area contributed by atoms with E-state index in [0.29, 0.717) is 21.2 Å². The minimum absolute atomic E-state index is 0.140. The van der Waals surface area contributed by atoms with Crippen LogP contribution in [-0.4, -0.2) is 25.9 Å². The predicted molar refractivity (Wildman–Crippen MR) is 107 cm³/mol. The van der Waals surface area contributed by atoms with Crippen molar-refractivity contribution in [3.05, 3.63) is 59.0 Å². The molecular formula is C18H14F3N3O4S2. The maximum Gasteiger partial charge on any atom is 0.416 e. The number of nitrogens with zero attached hydrogens (tertiary/aromatic N) is 1. The first kappa shape index (κ1) is 21.6. The summed E-state index contributed by atoms with van der Waals surface area (Å²) in [7, 11) is -4.34. The lowest BCUT2D eigenvalue weighted by Gasteiger charge is -2.08. The Morgan fingerprint density at radius 1 is 1.10 bits per heavy atom. The quantitative estimate of drug-likeness (QED) is 0.253. The Morgan fingerprint density at radius 2 is 1.77 bits per heavy atom. The highest BCUT2D eigenvalue weighted by atomic mass is 32.2. The van der Waals surface area contributed by atoms with Crippen LogP contribution in [0.25, 0.3) is 21.2 Å². The largest absolute Gasteiger partial charge is 0.416 e. The molecule has 0 aliphatic carbocycles. The van der Waals surface area contributed by atoms with Crippen molar-refractivity contribution in [1.82, 2.24) is 0 Å². The van der Waals surface area contributed by atoms with Crippen LogP contribution in [0.3, 0.4) is 0 Å². The van der Waals surface area contributed by atoms with Gasteiger partial charge in [-0.15, -0.1) is 11.3 Å². The normalized spacial score (nSPS) is 12.0. The molecule has 158 valence electrons. The van der Waals surface area contributed by atoms with E-state index >= 15 is 0 Å². The lowest BCUT2D eigenvalue weighted by Crippen LogP contribution is -2.24. The molecule has 1 heterocycles. The Morgan fingerprint density at radius 3 is 2.37 bits per heavy atom. The van der Waals surface area contributed by atoms with Crippen LogP contribution in [0, 0.1) is 0 Å². The van der Waals surface area contributed by atoms with Crippen LogP contribution in [0.2, 0.25) is 0 Å². The van der Waals surface area contributed by atoms with Gasteiger partial charge in [-0.25, -0.2) is 0 Å². The van der Waals surface area contributed by atoms with Gasteiger partial charge >= 0.3 is 16.3 Å². The van der Waals surface area contributed by atoms with Crippen molar-refractivity contribution >= 4 is 43.3 Å². The minimum Gasteiger partial charge on any atom is -0.367 e. The lowest BCUT2D eigenvalue weighted by atomic mass is 10.0. The first-order valence-electron chi connectivity index (χ1n) is 8.20. The number of hydrogen-bond donors (Lipinski definition) is 2. The number of rotatable bonds is 6. The SMILES string of the molecule is NC(N)=NOS(=O)(=O)CC(=O)c1cc2c(-c3ccc(C(F)(F)F)cc3)cccc2s1. The standard InChI is InChI=1S/C18H14F3N3O4S2/c19-18(20,21)11-6-4-10(5-7-11)12-2-1-3-15-13(12)8-16(29-15)14(25)9-30(26,27)28-24-17(22)23/h1-8H,9H2,(H4,22,23,24). The van der Waals surface area contributed by atoms with Crippen molar-refractivity contribution in [2.24, 2.45) is 16.6 Å². The number of nitrogens with two attached hydrogens (primary N) is 2. The first-order chi connectivity index (χ1) is 14.0. The molecule has 0 radical (unpaired) electrons. The van der Waals surface area contributed by atoms with Crippen molar-refractivity contribution in [1.29, 1.82) is 0 Å². The maximum atomic E-state index is 12.8. The summed E-state index contributed by atoms with van der Waals surface area (Å²) in [6.07, 6.45) is -4.45. The Labute approximate surface area is 172 Å². The van der Waals surface area contributed by atoms with Crippen LogP contribution < -0.4 is 11.5 Å². The fourth-order valence-electron chi connectivity index (χ4n) is 2.65. The first-order valence-corrected chi connectivity index (χ1v) is 10.6. The number of carbonyl (C=O) groups is 1. The number of ketones is 1. The smallest absolute Gasteiger partial charge is 0.367 e. The second kappa shape index (κ2) is 7.95. The number of carbonyl (C=O) groups excluding carboxylic acids is 1. The molecule has 0 fully saturated rings. The van der Waals surface area contributed by atoms with E-state index in [1.54, 1.807) is 18.2 Å². The van der Waals surface area contributed by atoms with Crippen molar-refractivity contribution in [2.45, 2.75) is 6.18 Å². The van der Waals surface area contributed by atoms with Gasteiger partial charge in [0.05, 0.1) is 10.4 Å². The van der Waals surface area contributed by atoms with Crippen LogP contribution in [-0.2, 0) is 20.6 Å². The highest BCUT2D eigenvalue weighted by Crippen LogP contribution is 2.36. The molecule has 0 atom stereocenters. The van der Waals surface area contributed by atoms with E-state index in [4.69, 9.17) is 11.5 Å². The van der Waals surface area contributed by atoms with Gasteiger partial charge in [0.25, 0.3) is 0 Å². The molecule has 0 spiro atoms. The fraction of sp³-hybridized carbons (Fsp3) is 0.111. The Bertz CT molecular complexity index is 1230. The monoisotopic (exact) mass is 457 g/mol. The molecule has 30 heavy (non-hydrogen) atoms. The number of alkyl halides is 3. The summed E-state index contributed by atoms with van der Waals surface area (Å²) in [6.45, 7) is 0. The summed E-state index contributed by atoms with van der Waals surface area (Å²) in [5, 5.41) is 3.52. The average molecular weight is 457 g/mol. The number of oxime groups is 1. The Hall–Kier alpha value is -3.12. The number of guanidine groups is 1. The number of halogens is 3. The lowest BCUT2D eigenvalue weighted by molar-refractivity contribution is -0.137. The summed E-state index contributed by atoms with van der Waals surface area (Å²) >= 11 is 1.05. The van der Waals surface area contributed by atoms with Gasteiger partial charge in [-0.3, -0.25) is 9.08 Å². The molecule has 3 aromatic rings. The van der Waals surface area contributed by atoms with Gasteiger partial charge in [0.2, 0.25) is 5.96 Å². The van der Waals surface area contributed by atoms with E-state index in [1.807, 2.05) is 0 Å². The molecule has 0 aliphatic heterocycles. The van der Waals surface area contributed by atoms with Crippen LogP contribution in [0.1, 0.15) is 15.2 Å². The van der Waals surface area contributed by atoms with Crippen molar-refractivity contribution in [3.63, 3.8) is 0 Å². The van der Waals surface area contributed by atoms with E-state index in [9.17, 15) is 26.4 Å². The molecule has 0 aliphatic rings. The highest BCUT2D eigenvalue weighted by molar-refractivity contribution is 7.87. The number of fused-ring (bicyclic) bond motifs is 1. The van der Waals surface area contributed by atoms with Crippen LogP contribution in [0.4, 0.5) is 13.2 Å². The third-order valence-electron chi connectivity index (χ3n) is 3.92. The molecule has 2 aromatic carbocycles. The number of Topliss-reactive ketones (excluding diaryl/α,β-unsaturated/α-hetero) is 1. The van der Waals surface area contributed by atoms with Crippen molar-refractivity contribution in [3.8, 4) is 11.1 Å². The van der Waals surface area contributed by atoms with E-state index in [2.05, 4.69) is 9.44 Å². The molecule has 4 N–H and O–H groups in total. The second-order valence-corrected chi connectivity index (χ2v) is 8.76. The second-order valence-electron chi connectivity index (χ2n) is 6.12. The van der Waals surface area contributed by atoms with Crippen molar-refractivity contribution in [2.75, 3.05) is 5.75 Å². The Kier molecular flexibility index (Phi) is 5.72. The summed E-state index contributed by atoms with van der Waals surface area (Å²) in [5.74, 6) is -2.33. The molecule has 0 amide bonds. The van der Waals surface area contributed by atoms with Gasteiger partial charge < -0.3 is 11.5 Å². The molecule has 3 rings (SSSR count). The van der Waals surface area contributed by atoms with Gasteiger partial charge in [-0.1, -0.05) is 24.3 Å². The maximum absolute atomic E-state index is 12.8. The van der Waals surface area contributed by atoms with Gasteiger partial charge in [0, 0.05) is 10.1 Å². The average Bonchev–Trinajstić information content (AvgIpc) is 3.10. The number of hydrogen-bond acceptors (Lipinski definition) is 6.